The van der Waals surface area contributed by atoms with Gasteiger partial charge in [0.15, 0.2) is 0 Å². The lowest BCUT2D eigenvalue weighted by Gasteiger charge is -2.06. The highest BCUT2D eigenvalue weighted by Crippen LogP contribution is 2.31. The fourth-order valence-corrected chi connectivity index (χ4v) is 3.44. The molecule has 1 aromatic carbocycles. The number of carboxylic acid groups (broad SMARTS) is 2. The van der Waals surface area contributed by atoms with E-state index >= 15 is 0 Å². The zero-order valence-electron chi connectivity index (χ0n) is 9.74. The topological polar surface area (TPSA) is 152 Å². The van der Waals surface area contributed by atoms with Gasteiger partial charge in [0.1, 0.15) is 0 Å². The van der Waals surface area contributed by atoms with Crippen LogP contribution in [0.5, 0.6) is 0 Å². The van der Waals surface area contributed by atoms with Crippen molar-refractivity contribution in [2.45, 2.75) is 12.8 Å². The first-order valence-electron chi connectivity index (χ1n) is 5.01. The van der Waals surface area contributed by atoms with E-state index in [-0.39, 0.29) is 11.1 Å². The van der Waals surface area contributed by atoms with E-state index in [0.717, 1.165) is 12.1 Å². The van der Waals surface area contributed by atoms with Crippen LogP contribution in [0, 0.1) is 13.7 Å². The minimum Gasteiger partial charge on any atom is -0.481 e. The van der Waals surface area contributed by atoms with E-state index < -0.39 is 58.8 Å². The monoisotopic (exact) mass is 397 g/mol. The quantitative estimate of drug-likeness (QED) is 0.413. The second-order valence-corrected chi connectivity index (χ2v) is 6.01. The minimum atomic E-state index is -4.21. The van der Waals surface area contributed by atoms with E-state index in [2.05, 4.69) is 0 Å². The summed E-state index contributed by atoms with van der Waals surface area (Å²) in [6.45, 7) is 0. The summed E-state index contributed by atoms with van der Waals surface area (Å²) < 4.78 is 22.1. The van der Waals surface area contributed by atoms with Crippen LogP contribution < -0.4 is 0 Å². The summed E-state index contributed by atoms with van der Waals surface area (Å²) >= 11 is -4.21. The molecule has 0 saturated heterocycles. The number of carbonyl (C=O) groups is 2. The highest BCUT2D eigenvalue weighted by molar-refractivity contribution is 14.2. The smallest absolute Gasteiger partial charge is 0.341 e. The summed E-state index contributed by atoms with van der Waals surface area (Å²) in [4.78, 5) is 31.3. The predicted octanol–water partition coefficient (Wildman–Crippen LogP) is 1.22. The molecular weight excluding hydrogens is 389 g/mol. The number of nitro groups is 1. The van der Waals surface area contributed by atoms with Gasteiger partial charge in [0.2, 0.25) is 0 Å². The summed E-state index contributed by atoms with van der Waals surface area (Å²) in [5, 5.41) is 28.1. The van der Waals surface area contributed by atoms with Gasteiger partial charge in [-0.2, -0.15) is 0 Å². The van der Waals surface area contributed by atoms with Gasteiger partial charge < -0.3 is 10.2 Å². The minimum absolute atomic E-state index is 0.266. The first-order chi connectivity index (χ1) is 9.22. The lowest BCUT2D eigenvalue weighted by Crippen LogP contribution is -2.09. The van der Waals surface area contributed by atoms with E-state index in [1.54, 1.807) is 0 Å². The molecule has 0 spiro atoms. The number of hydrogen-bond donors (Lipinski definition) is 2. The van der Waals surface area contributed by atoms with E-state index in [1.807, 2.05) is 0 Å². The molecule has 108 valence electrons. The third kappa shape index (κ3) is 3.94. The molecule has 1 rings (SSSR count). The Kier molecular flexibility index (Phi) is 5.07. The van der Waals surface area contributed by atoms with Crippen molar-refractivity contribution in [3.05, 3.63) is 36.9 Å². The van der Waals surface area contributed by atoms with Crippen LogP contribution in [-0.4, -0.2) is 27.1 Å². The standard InChI is InChI=1S/C10H8INO8/c13-8(14)3-5-1-7(12(19)20)2-6(4-9(15)16)10(5)11(17)18/h1-2H,3-4H2,(H,13,14)(H,15,16). The number of non-ortho nitro benzene ring substituents is 1. The lowest BCUT2D eigenvalue weighted by atomic mass is 10.0. The first-order valence-corrected chi connectivity index (χ1v) is 7.85. The number of halogens is 1. The van der Waals surface area contributed by atoms with Crippen molar-refractivity contribution < 1.29 is 30.9 Å². The third-order valence-electron chi connectivity index (χ3n) is 2.26. The molecule has 10 heteroatoms. The van der Waals surface area contributed by atoms with Crippen LogP contribution in [0.1, 0.15) is 11.1 Å². The molecule has 0 aliphatic heterocycles. The average Bonchev–Trinajstić information content (AvgIpc) is 2.25. The highest BCUT2D eigenvalue weighted by atomic mass is 127. The van der Waals surface area contributed by atoms with E-state index in [1.165, 1.54) is 0 Å². The molecule has 0 aliphatic rings. The fraction of sp³-hybridized carbons (Fsp3) is 0.200. The molecular formula is C10H8INO8. The van der Waals surface area contributed by atoms with Crippen molar-refractivity contribution in [1.29, 1.82) is 0 Å². The van der Waals surface area contributed by atoms with Crippen LogP contribution in [0.15, 0.2) is 12.1 Å². The maximum Gasteiger partial charge on any atom is 0.341 e. The number of aliphatic carboxylic acids is 2. The average molecular weight is 397 g/mol. The van der Waals surface area contributed by atoms with Gasteiger partial charge >= 0.3 is 31.7 Å². The predicted molar refractivity (Wildman–Crippen MR) is 69.9 cm³/mol. The molecule has 0 aromatic heterocycles. The van der Waals surface area contributed by atoms with Crippen LogP contribution in [0.4, 0.5) is 5.69 Å². The Labute approximate surface area is 118 Å². The second kappa shape index (κ2) is 6.36. The van der Waals surface area contributed by atoms with Crippen molar-refractivity contribution in [3.63, 3.8) is 0 Å². The number of rotatable bonds is 6. The zero-order chi connectivity index (χ0) is 15.4. The Bertz CT molecular complexity index is 618. The first kappa shape index (κ1) is 15.9. The van der Waals surface area contributed by atoms with Crippen molar-refractivity contribution in [2.75, 3.05) is 0 Å². The van der Waals surface area contributed by atoms with Gasteiger partial charge in [0.05, 0.1) is 21.3 Å². The number of benzene rings is 1. The maximum atomic E-state index is 11.3. The molecule has 1 aromatic rings. The molecule has 0 radical (unpaired) electrons. The maximum absolute atomic E-state index is 11.3. The summed E-state index contributed by atoms with van der Waals surface area (Å²) in [5.74, 6) is -2.74. The van der Waals surface area contributed by atoms with Gasteiger partial charge in [0, 0.05) is 12.1 Å². The summed E-state index contributed by atoms with van der Waals surface area (Å²) in [6.07, 6.45) is -1.47. The summed E-state index contributed by atoms with van der Waals surface area (Å²) in [6, 6.07) is 1.68. The Hall–Kier alpha value is -2.11. The molecule has 0 amide bonds. The van der Waals surface area contributed by atoms with Gasteiger partial charge in [-0.3, -0.25) is 19.7 Å². The molecule has 0 fully saturated rings. The summed E-state index contributed by atoms with van der Waals surface area (Å²) in [7, 11) is 0. The SMILES string of the molecule is O=C(O)Cc1cc([N+](=O)[O-])cc(CC(=O)O)c1I(=O)=O. The fourth-order valence-electron chi connectivity index (χ4n) is 1.62. The molecule has 0 unspecified atom stereocenters. The van der Waals surface area contributed by atoms with Crippen molar-refractivity contribution in [1.82, 2.24) is 0 Å². The Balaban J connectivity index is 3.60. The zero-order valence-corrected chi connectivity index (χ0v) is 11.9. The molecule has 0 aliphatic carbocycles. The Morgan fingerprint density at radius 1 is 1.10 bits per heavy atom. The molecule has 0 saturated carbocycles. The largest absolute Gasteiger partial charge is 0.481 e. The van der Waals surface area contributed by atoms with Gasteiger partial charge in [-0.25, -0.2) is 6.14 Å². The second-order valence-electron chi connectivity index (χ2n) is 3.69. The van der Waals surface area contributed by atoms with Crippen LogP contribution in [0.3, 0.4) is 0 Å². The molecule has 9 nitrogen and oxygen atoms in total. The Morgan fingerprint density at radius 3 is 1.75 bits per heavy atom. The van der Waals surface area contributed by atoms with Crippen LogP contribution in [-0.2, 0) is 28.6 Å². The number of carboxylic acids is 2. The molecule has 20 heavy (non-hydrogen) atoms. The van der Waals surface area contributed by atoms with Crippen LogP contribution in [0.2, 0.25) is 0 Å². The van der Waals surface area contributed by atoms with Crippen LogP contribution in [0.25, 0.3) is 0 Å². The number of nitro benzene ring substituents is 1. The van der Waals surface area contributed by atoms with Crippen molar-refractivity contribution in [3.8, 4) is 0 Å². The molecule has 0 bridgehead atoms. The number of nitrogens with zero attached hydrogens (tertiary/aromatic N) is 1. The number of hydrogen-bond acceptors (Lipinski definition) is 6. The Morgan fingerprint density at radius 2 is 1.50 bits per heavy atom. The molecule has 2 N–H and O–H groups in total. The van der Waals surface area contributed by atoms with Gasteiger partial charge in [-0.05, 0) is 11.1 Å². The highest BCUT2D eigenvalue weighted by Gasteiger charge is 2.22. The van der Waals surface area contributed by atoms with E-state index in [9.17, 15) is 25.8 Å². The van der Waals surface area contributed by atoms with Gasteiger partial charge in [0.25, 0.3) is 5.69 Å². The van der Waals surface area contributed by atoms with Gasteiger partial charge in [-0.15, -0.1) is 0 Å². The van der Waals surface area contributed by atoms with E-state index in [4.69, 9.17) is 10.2 Å². The van der Waals surface area contributed by atoms with Crippen molar-refractivity contribution in [2.24, 2.45) is 0 Å². The van der Waals surface area contributed by atoms with E-state index in [0.29, 0.717) is 0 Å². The molecule has 0 heterocycles. The van der Waals surface area contributed by atoms with Crippen molar-refractivity contribution >= 4 is 37.4 Å². The molecule has 0 atom stereocenters. The summed E-state index contributed by atoms with van der Waals surface area (Å²) in [5.41, 5.74) is -1.07. The third-order valence-corrected chi connectivity index (χ3v) is 4.52. The van der Waals surface area contributed by atoms with Gasteiger partial charge in [-0.1, -0.05) is 0 Å². The normalized spacial score (nSPS) is 10.4. The lowest BCUT2D eigenvalue weighted by molar-refractivity contribution is -0.385. The van der Waals surface area contributed by atoms with Crippen LogP contribution >= 0.6 is 19.8 Å².